The molecule has 2 aromatic heterocycles. The van der Waals surface area contributed by atoms with Crippen molar-refractivity contribution in [2.45, 2.75) is 6.42 Å². The first-order valence-electron chi connectivity index (χ1n) is 8.89. The molecule has 8 heteroatoms. The first-order valence-corrected chi connectivity index (χ1v) is 8.89. The Balaban J connectivity index is 1.39. The SMILES string of the molecule is O=C(NCCc1c[nH]c2ccc(F)cc12)c1ccc(-c2ccc([N+](=O)[O-])cc2)o1. The molecule has 0 aliphatic rings. The molecule has 0 aliphatic heterocycles. The standard InChI is InChI=1S/C21H16FN3O4/c22-15-3-6-18-17(11-15)14(12-24-18)9-10-23-21(26)20-8-7-19(29-20)13-1-4-16(5-2-13)25(27)28/h1-8,11-12,24H,9-10H2,(H,23,26). The van der Waals surface area contributed by atoms with E-state index in [0.29, 0.717) is 24.3 Å². The fourth-order valence-corrected chi connectivity index (χ4v) is 3.12. The van der Waals surface area contributed by atoms with Crippen LogP contribution in [0.5, 0.6) is 0 Å². The number of nitrogens with zero attached hydrogens (tertiary/aromatic N) is 1. The van der Waals surface area contributed by atoms with Crippen LogP contribution < -0.4 is 5.32 Å². The minimum absolute atomic E-state index is 0.0181. The van der Waals surface area contributed by atoms with Gasteiger partial charge in [-0.2, -0.15) is 0 Å². The van der Waals surface area contributed by atoms with Gasteiger partial charge in [-0.15, -0.1) is 0 Å². The van der Waals surface area contributed by atoms with E-state index in [1.807, 2.05) is 0 Å². The number of carbonyl (C=O) groups is 1. The second-order valence-electron chi connectivity index (χ2n) is 6.48. The number of non-ortho nitro benzene ring substituents is 1. The fourth-order valence-electron chi connectivity index (χ4n) is 3.12. The largest absolute Gasteiger partial charge is 0.451 e. The van der Waals surface area contributed by atoms with Gasteiger partial charge in [0.1, 0.15) is 11.6 Å². The Morgan fingerprint density at radius 1 is 1.14 bits per heavy atom. The summed E-state index contributed by atoms with van der Waals surface area (Å²) in [6, 6.07) is 13.6. The molecular formula is C21H16FN3O4. The first-order chi connectivity index (χ1) is 14.0. The molecule has 2 heterocycles. The number of nitro groups is 1. The maximum Gasteiger partial charge on any atom is 0.287 e. The van der Waals surface area contributed by atoms with Gasteiger partial charge in [0, 0.05) is 41.3 Å². The lowest BCUT2D eigenvalue weighted by Crippen LogP contribution is -2.25. The average Bonchev–Trinajstić information content (AvgIpc) is 3.35. The molecule has 0 aliphatic carbocycles. The van der Waals surface area contributed by atoms with Crippen molar-refractivity contribution in [2.24, 2.45) is 0 Å². The lowest BCUT2D eigenvalue weighted by Gasteiger charge is -2.03. The van der Waals surface area contributed by atoms with Crippen molar-refractivity contribution < 1.29 is 18.5 Å². The summed E-state index contributed by atoms with van der Waals surface area (Å²) in [5, 5.41) is 14.3. The molecule has 0 unspecified atom stereocenters. The van der Waals surface area contributed by atoms with Crippen LogP contribution in [0.3, 0.4) is 0 Å². The number of nitro benzene ring substituents is 1. The lowest BCUT2D eigenvalue weighted by atomic mass is 10.1. The molecule has 0 fully saturated rings. The van der Waals surface area contributed by atoms with Gasteiger partial charge in [-0.05, 0) is 54.4 Å². The van der Waals surface area contributed by atoms with Crippen molar-refractivity contribution in [3.05, 3.63) is 88.0 Å². The Kier molecular flexibility index (Phi) is 4.82. The summed E-state index contributed by atoms with van der Waals surface area (Å²) >= 11 is 0. The second-order valence-corrected chi connectivity index (χ2v) is 6.48. The highest BCUT2D eigenvalue weighted by Gasteiger charge is 2.13. The number of nitrogens with one attached hydrogen (secondary N) is 2. The molecule has 4 rings (SSSR count). The van der Waals surface area contributed by atoms with E-state index in [1.165, 1.54) is 24.3 Å². The number of halogens is 1. The predicted octanol–water partition coefficient (Wildman–Crippen LogP) is 4.45. The maximum absolute atomic E-state index is 13.4. The quantitative estimate of drug-likeness (QED) is 0.373. The number of fused-ring (bicyclic) bond motifs is 1. The van der Waals surface area contributed by atoms with Gasteiger partial charge in [-0.25, -0.2) is 4.39 Å². The molecule has 29 heavy (non-hydrogen) atoms. The molecule has 2 N–H and O–H groups in total. The highest BCUT2D eigenvalue weighted by molar-refractivity contribution is 5.92. The molecule has 0 radical (unpaired) electrons. The van der Waals surface area contributed by atoms with E-state index in [0.717, 1.165) is 16.5 Å². The van der Waals surface area contributed by atoms with Gasteiger partial charge in [0.05, 0.1) is 4.92 Å². The Bertz CT molecular complexity index is 1190. The topological polar surface area (TPSA) is 101 Å². The molecule has 0 saturated carbocycles. The zero-order valence-corrected chi connectivity index (χ0v) is 15.1. The summed E-state index contributed by atoms with van der Waals surface area (Å²) in [6.07, 6.45) is 2.33. The normalized spacial score (nSPS) is 10.9. The number of aromatic amines is 1. The van der Waals surface area contributed by atoms with E-state index in [-0.39, 0.29) is 23.2 Å². The molecule has 0 saturated heterocycles. The lowest BCUT2D eigenvalue weighted by molar-refractivity contribution is -0.384. The number of H-pyrrole nitrogens is 1. The third-order valence-electron chi connectivity index (χ3n) is 4.60. The number of aromatic nitrogens is 1. The van der Waals surface area contributed by atoms with E-state index in [2.05, 4.69) is 10.3 Å². The van der Waals surface area contributed by atoms with Crippen LogP contribution in [0.4, 0.5) is 10.1 Å². The molecule has 2 aromatic carbocycles. The third kappa shape index (κ3) is 3.86. The van der Waals surface area contributed by atoms with Gasteiger partial charge >= 0.3 is 0 Å². The number of hydrogen-bond acceptors (Lipinski definition) is 4. The summed E-state index contributed by atoms with van der Waals surface area (Å²) in [7, 11) is 0. The summed E-state index contributed by atoms with van der Waals surface area (Å²) in [5.74, 6) is -0.0959. The van der Waals surface area contributed by atoms with Crippen LogP contribution in [0.2, 0.25) is 0 Å². The highest BCUT2D eigenvalue weighted by atomic mass is 19.1. The van der Waals surface area contributed by atoms with E-state index in [4.69, 9.17) is 4.42 Å². The predicted molar refractivity (Wildman–Crippen MR) is 105 cm³/mol. The zero-order chi connectivity index (χ0) is 20.4. The van der Waals surface area contributed by atoms with Gasteiger partial charge < -0.3 is 14.7 Å². The van der Waals surface area contributed by atoms with E-state index < -0.39 is 4.92 Å². The van der Waals surface area contributed by atoms with Crippen LogP contribution in [-0.2, 0) is 6.42 Å². The Hall–Kier alpha value is -3.94. The van der Waals surface area contributed by atoms with Crippen molar-refractivity contribution >= 4 is 22.5 Å². The number of rotatable bonds is 6. The summed E-state index contributed by atoms with van der Waals surface area (Å²) in [5.41, 5.74) is 2.36. The number of amides is 1. The Morgan fingerprint density at radius 3 is 2.69 bits per heavy atom. The second kappa shape index (κ2) is 7.59. The third-order valence-corrected chi connectivity index (χ3v) is 4.60. The number of hydrogen-bond donors (Lipinski definition) is 2. The van der Waals surface area contributed by atoms with Crippen LogP contribution >= 0.6 is 0 Å². The molecule has 0 spiro atoms. The highest BCUT2D eigenvalue weighted by Crippen LogP contribution is 2.24. The van der Waals surface area contributed by atoms with Crippen molar-refractivity contribution in [3.63, 3.8) is 0 Å². The molecule has 7 nitrogen and oxygen atoms in total. The maximum atomic E-state index is 13.4. The van der Waals surface area contributed by atoms with Crippen molar-refractivity contribution in [3.8, 4) is 11.3 Å². The van der Waals surface area contributed by atoms with E-state index >= 15 is 0 Å². The molecular weight excluding hydrogens is 377 g/mol. The van der Waals surface area contributed by atoms with Crippen molar-refractivity contribution in [1.82, 2.24) is 10.3 Å². The number of carbonyl (C=O) groups excluding carboxylic acids is 1. The van der Waals surface area contributed by atoms with Gasteiger partial charge in [0.2, 0.25) is 0 Å². The van der Waals surface area contributed by atoms with Crippen LogP contribution in [0.15, 0.2) is 65.2 Å². The minimum Gasteiger partial charge on any atom is -0.451 e. The Morgan fingerprint density at radius 2 is 1.93 bits per heavy atom. The molecule has 1 amide bonds. The number of furan rings is 1. The molecule has 0 atom stereocenters. The fraction of sp³-hybridized carbons (Fsp3) is 0.0952. The van der Waals surface area contributed by atoms with Crippen LogP contribution in [-0.4, -0.2) is 22.4 Å². The van der Waals surface area contributed by atoms with Crippen molar-refractivity contribution in [2.75, 3.05) is 6.54 Å². The van der Waals surface area contributed by atoms with Crippen LogP contribution in [0.1, 0.15) is 16.1 Å². The van der Waals surface area contributed by atoms with Gasteiger partial charge in [-0.3, -0.25) is 14.9 Å². The first kappa shape index (κ1) is 18.4. The smallest absolute Gasteiger partial charge is 0.287 e. The van der Waals surface area contributed by atoms with Crippen LogP contribution in [0, 0.1) is 15.9 Å². The monoisotopic (exact) mass is 393 g/mol. The minimum atomic E-state index is -0.479. The summed E-state index contributed by atoms with van der Waals surface area (Å²) in [6.45, 7) is 0.357. The molecule has 4 aromatic rings. The Labute approximate surface area is 164 Å². The van der Waals surface area contributed by atoms with Gasteiger partial charge in [-0.1, -0.05) is 0 Å². The van der Waals surface area contributed by atoms with Gasteiger partial charge in [0.15, 0.2) is 5.76 Å². The summed E-state index contributed by atoms with van der Waals surface area (Å²) in [4.78, 5) is 25.6. The van der Waals surface area contributed by atoms with E-state index in [1.54, 1.807) is 36.5 Å². The summed E-state index contributed by atoms with van der Waals surface area (Å²) < 4.78 is 19.0. The van der Waals surface area contributed by atoms with Crippen LogP contribution in [0.25, 0.3) is 22.2 Å². The number of benzene rings is 2. The van der Waals surface area contributed by atoms with Gasteiger partial charge in [0.25, 0.3) is 11.6 Å². The van der Waals surface area contributed by atoms with Crippen molar-refractivity contribution in [1.29, 1.82) is 0 Å². The zero-order valence-electron chi connectivity index (χ0n) is 15.1. The molecule has 146 valence electrons. The average molecular weight is 393 g/mol. The van der Waals surface area contributed by atoms with E-state index in [9.17, 15) is 19.3 Å². The molecule has 0 bridgehead atoms.